The van der Waals surface area contributed by atoms with E-state index in [1.807, 2.05) is 12.1 Å². The minimum absolute atomic E-state index is 0.0527. The van der Waals surface area contributed by atoms with Gasteiger partial charge in [0.05, 0.1) is 19.8 Å². The van der Waals surface area contributed by atoms with Gasteiger partial charge in [0.1, 0.15) is 6.10 Å². The highest BCUT2D eigenvalue weighted by molar-refractivity contribution is 5.47. The lowest BCUT2D eigenvalue weighted by atomic mass is 9.95. The van der Waals surface area contributed by atoms with Gasteiger partial charge in [-0.1, -0.05) is 18.6 Å². The number of nitrogens with zero attached hydrogens (tertiary/aromatic N) is 1. The highest BCUT2D eigenvalue weighted by Crippen LogP contribution is 2.37. The van der Waals surface area contributed by atoms with E-state index in [9.17, 15) is 5.11 Å². The van der Waals surface area contributed by atoms with Crippen LogP contribution in [0.2, 0.25) is 0 Å². The minimum Gasteiger partial charge on any atom is -0.493 e. The summed E-state index contributed by atoms with van der Waals surface area (Å²) in [6, 6.07) is 6.15. The first-order valence-electron chi connectivity index (χ1n) is 8.01. The molecule has 1 aromatic rings. The summed E-state index contributed by atoms with van der Waals surface area (Å²) in [7, 11) is 1.68. The van der Waals surface area contributed by atoms with Gasteiger partial charge in [0.15, 0.2) is 11.5 Å². The number of likely N-dealkylation sites (tertiary alicyclic amines) is 1. The molecular formula is C17H25NO3. The second kappa shape index (κ2) is 6.67. The Kier molecular flexibility index (Phi) is 4.66. The van der Waals surface area contributed by atoms with Crippen molar-refractivity contribution >= 4 is 0 Å². The largest absolute Gasteiger partial charge is 0.493 e. The van der Waals surface area contributed by atoms with Crippen LogP contribution in [0.25, 0.3) is 0 Å². The van der Waals surface area contributed by atoms with Gasteiger partial charge in [-0.25, -0.2) is 0 Å². The Bertz CT molecular complexity index is 457. The van der Waals surface area contributed by atoms with Crippen molar-refractivity contribution in [1.29, 1.82) is 0 Å². The number of methoxy groups -OCH3 is 1. The summed E-state index contributed by atoms with van der Waals surface area (Å²) in [5, 5.41) is 9.85. The number of fused-ring (bicyclic) bond motifs is 1. The fourth-order valence-electron chi connectivity index (χ4n) is 3.55. The Labute approximate surface area is 126 Å². The van der Waals surface area contributed by atoms with Crippen molar-refractivity contribution in [2.45, 2.75) is 44.2 Å². The van der Waals surface area contributed by atoms with Crippen molar-refractivity contribution < 1.29 is 14.6 Å². The Hall–Kier alpha value is -1.26. The number of piperidine rings is 1. The molecule has 2 aliphatic heterocycles. The molecular weight excluding hydrogens is 266 g/mol. The molecule has 0 saturated carbocycles. The number of hydrogen-bond donors (Lipinski definition) is 1. The van der Waals surface area contributed by atoms with E-state index >= 15 is 0 Å². The normalized spacial score (nSPS) is 24.0. The van der Waals surface area contributed by atoms with Crippen molar-refractivity contribution in [2.24, 2.45) is 0 Å². The first kappa shape index (κ1) is 14.7. The second-order valence-electron chi connectivity index (χ2n) is 5.99. The van der Waals surface area contributed by atoms with Crippen LogP contribution in [0.15, 0.2) is 18.2 Å². The highest BCUT2D eigenvalue weighted by Gasteiger charge is 2.33. The number of aryl methyl sites for hydroxylation is 1. The molecule has 2 unspecified atom stereocenters. The van der Waals surface area contributed by atoms with Gasteiger partial charge in [-0.05, 0) is 50.4 Å². The summed E-state index contributed by atoms with van der Waals surface area (Å²) in [6.45, 7) is 2.31. The third kappa shape index (κ3) is 3.01. The Morgan fingerprint density at radius 1 is 1.33 bits per heavy atom. The minimum atomic E-state index is 0.0527. The molecule has 0 radical (unpaired) electrons. The average Bonchev–Trinajstić information content (AvgIpc) is 2.56. The summed E-state index contributed by atoms with van der Waals surface area (Å²) in [5.74, 6) is 1.67. The van der Waals surface area contributed by atoms with Gasteiger partial charge in [-0.15, -0.1) is 0 Å². The average molecular weight is 291 g/mol. The topological polar surface area (TPSA) is 41.9 Å². The van der Waals surface area contributed by atoms with E-state index in [0.29, 0.717) is 0 Å². The third-order valence-corrected chi connectivity index (χ3v) is 4.72. The molecule has 0 spiro atoms. The van der Waals surface area contributed by atoms with Gasteiger partial charge in [0.25, 0.3) is 0 Å². The molecule has 3 rings (SSSR count). The van der Waals surface area contributed by atoms with Crippen LogP contribution in [0.1, 0.15) is 31.2 Å². The number of aliphatic hydroxyl groups is 1. The van der Waals surface area contributed by atoms with Crippen LogP contribution in [0, 0.1) is 0 Å². The zero-order chi connectivity index (χ0) is 14.7. The van der Waals surface area contributed by atoms with Crippen molar-refractivity contribution in [3.8, 4) is 11.5 Å². The number of aliphatic hydroxyl groups excluding tert-OH is 1. The standard InChI is InChI=1S/C17H25NO3/c1-20-16-7-5-6-13-8-9-15(21-17(13)16)14(12-19)18-10-3-2-4-11-18/h5-7,14-15,19H,2-4,8-12H2,1H3. The maximum absolute atomic E-state index is 9.85. The van der Waals surface area contributed by atoms with Crippen LogP contribution in [0.4, 0.5) is 0 Å². The van der Waals surface area contributed by atoms with Crippen molar-refractivity contribution in [1.82, 2.24) is 4.90 Å². The van der Waals surface area contributed by atoms with Crippen molar-refractivity contribution in [3.05, 3.63) is 23.8 Å². The van der Waals surface area contributed by atoms with E-state index in [2.05, 4.69) is 11.0 Å². The molecule has 1 saturated heterocycles. The maximum Gasteiger partial charge on any atom is 0.164 e. The van der Waals surface area contributed by atoms with Crippen molar-refractivity contribution in [3.63, 3.8) is 0 Å². The molecule has 4 heteroatoms. The molecule has 2 atom stereocenters. The molecule has 0 aliphatic carbocycles. The number of benzene rings is 1. The number of ether oxygens (including phenoxy) is 2. The van der Waals surface area contributed by atoms with Crippen LogP contribution >= 0.6 is 0 Å². The maximum atomic E-state index is 9.85. The van der Waals surface area contributed by atoms with E-state index in [-0.39, 0.29) is 18.8 Å². The molecule has 2 heterocycles. The fraction of sp³-hybridized carbons (Fsp3) is 0.647. The van der Waals surface area contributed by atoms with Gasteiger partial charge in [-0.2, -0.15) is 0 Å². The lowest BCUT2D eigenvalue weighted by Crippen LogP contribution is -2.51. The molecule has 0 aromatic heterocycles. The van der Waals surface area contributed by atoms with Crippen LogP contribution in [0.3, 0.4) is 0 Å². The zero-order valence-corrected chi connectivity index (χ0v) is 12.8. The van der Waals surface area contributed by atoms with Gasteiger partial charge in [-0.3, -0.25) is 4.90 Å². The number of hydrogen-bond acceptors (Lipinski definition) is 4. The van der Waals surface area contributed by atoms with Crippen LogP contribution in [0.5, 0.6) is 11.5 Å². The van der Waals surface area contributed by atoms with Gasteiger partial charge in [0.2, 0.25) is 0 Å². The monoisotopic (exact) mass is 291 g/mol. The van der Waals surface area contributed by atoms with Crippen LogP contribution in [-0.2, 0) is 6.42 Å². The van der Waals surface area contributed by atoms with E-state index in [1.54, 1.807) is 7.11 Å². The highest BCUT2D eigenvalue weighted by atomic mass is 16.5. The molecule has 0 bridgehead atoms. The molecule has 0 amide bonds. The van der Waals surface area contributed by atoms with Gasteiger partial charge >= 0.3 is 0 Å². The SMILES string of the molecule is COc1cccc2c1OC(C(CO)N1CCCCC1)CC2. The molecule has 1 N–H and O–H groups in total. The Morgan fingerprint density at radius 3 is 2.86 bits per heavy atom. The molecule has 116 valence electrons. The Balaban J connectivity index is 1.77. The number of para-hydroxylation sites is 1. The van der Waals surface area contributed by atoms with E-state index < -0.39 is 0 Å². The molecule has 1 aromatic carbocycles. The fourth-order valence-corrected chi connectivity index (χ4v) is 3.55. The second-order valence-corrected chi connectivity index (χ2v) is 5.99. The first-order valence-corrected chi connectivity index (χ1v) is 8.01. The van der Waals surface area contributed by atoms with E-state index in [1.165, 1.54) is 24.8 Å². The lowest BCUT2D eigenvalue weighted by molar-refractivity contribution is 0.00944. The first-order chi connectivity index (χ1) is 10.3. The third-order valence-electron chi connectivity index (χ3n) is 4.72. The van der Waals surface area contributed by atoms with Gasteiger partial charge in [0, 0.05) is 0 Å². The predicted octanol–water partition coefficient (Wildman–Crippen LogP) is 2.24. The summed E-state index contributed by atoms with van der Waals surface area (Å²) in [6.07, 6.45) is 5.75. The molecule has 1 fully saturated rings. The predicted molar refractivity (Wildman–Crippen MR) is 82.0 cm³/mol. The summed E-state index contributed by atoms with van der Waals surface area (Å²) >= 11 is 0. The summed E-state index contributed by atoms with van der Waals surface area (Å²) in [5.41, 5.74) is 1.21. The quantitative estimate of drug-likeness (QED) is 0.924. The molecule has 4 nitrogen and oxygen atoms in total. The summed E-state index contributed by atoms with van der Waals surface area (Å²) < 4.78 is 11.7. The molecule has 21 heavy (non-hydrogen) atoms. The Morgan fingerprint density at radius 2 is 2.14 bits per heavy atom. The van der Waals surface area contributed by atoms with E-state index in [4.69, 9.17) is 9.47 Å². The van der Waals surface area contributed by atoms with Crippen LogP contribution < -0.4 is 9.47 Å². The lowest BCUT2D eigenvalue weighted by Gasteiger charge is -2.40. The smallest absolute Gasteiger partial charge is 0.164 e. The zero-order valence-electron chi connectivity index (χ0n) is 12.8. The van der Waals surface area contributed by atoms with E-state index in [0.717, 1.165) is 37.4 Å². The number of rotatable bonds is 4. The van der Waals surface area contributed by atoms with Crippen LogP contribution in [-0.4, -0.2) is 49.0 Å². The van der Waals surface area contributed by atoms with Gasteiger partial charge < -0.3 is 14.6 Å². The van der Waals surface area contributed by atoms with Crippen molar-refractivity contribution in [2.75, 3.05) is 26.8 Å². The summed E-state index contributed by atoms with van der Waals surface area (Å²) in [4.78, 5) is 2.40. The molecule has 2 aliphatic rings.